The van der Waals surface area contributed by atoms with Gasteiger partial charge in [-0.15, -0.1) is 0 Å². The maximum Gasteiger partial charge on any atom is 0.137 e. The largest absolute Gasteiger partial charge is 0.299 e. The van der Waals surface area contributed by atoms with Crippen LogP contribution in [0.2, 0.25) is 0 Å². The summed E-state index contributed by atoms with van der Waals surface area (Å²) in [6.07, 6.45) is 7.31. The van der Waals surface area contributed by atoms with Gasteiger partial charge in [0.05, 0.1) is 0 Å². The van der Waals surface area contributed by atoms with Gasteiger partial charge in [-0.3, -0.25) is 4.79 Å². The summed E-state index contributed by atoms with van der Waals surface area (Å²) < 4.78 is 13.6. The van der Waals surface area contributed by atoms with Gasteiger partial charge >= 0.3 is 0 Å². The molecule has 0 spiro atoms. The van der Waals surface area contributed by atoms with Gasteiger partial charge in [-0.2, -0.15) is 0 Å². The van der Waals surface area contributed by atoms with Crippen LogP contribution in [0, 0.1) is 11.7 Å². The number of carbonyl (C=O) groups excluding carboxylic acids is 1. The van der Waals surface area contributed by atoms with Gasteiger partial charge in [-0.05, 0) is 30.0 Å². The summed E-state index contributed by atoms with van der Waals surface area (Å²) in [6, 6.07) is 4.51. The van der Waals surface area contributed by atoms with Gasteiger partial charge in [0.1, 0.15) is 11.6 Å². The number of rotatable bonds is 5. The fraction of sp³-hybridized carbons (Fsp3) is 0.533. The van der Waals surface area contributed by atoms with E-state index in [0.717, 1.165) is 17.9 Å². The van der Waals surface area contributed by atoms with Crippen LogP contribution in [-0.4, -0.2) is 5.78 Å². The Morgan fingerprint density at radius 2 is 2.06 bits per heavy atom. The van der Waals surface area contributed by atoms with Crippen molar-refractivity contribution in [2.45, 2.75) is 44.9 Å². The van der Waals surface area contributed by atoms with E-state index in [2.05, 4.69) is 15.9 Å². The zero-order valence-corrected chi connectivity index (χ0v) is 12.0. The fourth-order valence-electron chi connectivity index (χ4n) is 2.63. The first-order valence-electron chi connectivity index (χ1n) is 6.61. The highest BCUT2D eigenvalue weighted by Gasteiger charge is 2.16. The normalized spacial score (nSPS) is 16.1. The van der Waals surface area contributed by atoms with Crippen LogP contribution in [0.25, 0.3) is 0 Å². The van der Waals surface area contributed by atoms with Gasteiger partial charge in [0.2, 0.25) is 0 Å². The predicted octanol–water partition coefficient (Wildman–Crippen LogP) is 4.67. The standard InChI is InChI=1S/C15H18BrFO/c16-15-10-13(17)7-6-12(15)9-14(18)8-5-11-3-1-2-4-11/h6-7,10-11H,1-5,8-9H2. The number of benzene rings is 1. The minimum atomic E-state index is -0.274. The van der Waals surface area contributed by atoms with E-state index in [4.69, 9.17) is 0 Å². The molecule has 0 heterocycles. The molecule has 1 aliphatic rings. The summed E-state index contributed by atoms with van der Waals surface area (Å²) in [5.41, 5.74) is 0.882. The average Bonchev–Trinajstić information content (AvgIpc) is 2.83. The van der Waals surface area contributed by atoms with Crippen LogP contribution in [0.4, 0.5) is 4.39 Å². The van der Waals surface area contributed by atoms with Crippen molar-refractivity contribution in [1.82, 2.24) is 0 Å². The zero-order chi connectivity index (χ0) is 13.0. The third-order valence-electron chi connectivity index (χ3n) is 3.71. The van der Waals surface area contributed by atoms with Crippen molar-refractivity contribution >= 4 is 21.7 Å². The molecule has 3 heteroatoms. The van der Waals surface area contributed by atoms with Crippen LogP contribution in [0.1, 0.15) is 44.1 Å². The average molecular weight is 313 g/mol. The first kappa shape index (κ1) is 13.7. The molecular weight excluding hydrogens is 295 g/mol. The molecule has 0 N–H and O–H groups in total. The first-order valence-corrected chi connectivity index (χ1v) is 7.40. The number of ketones is 1. The first-order chi connectivity index (χ1) is 8.65. The molecule has 0 unspecified atom stereocenters. The van der Waals surface area contributed by atoms with E-state index in [1.165, 1.54) is 37.8 Å². The maximum absolute atomic E-state index is 12.9. The van der Waals surface area contributed by atoms with Crippen molar-refractivity contribution in [3.63, 3.8) is 0 Å². The minimum absolute atomic E-state index is 0.259. The van der Waals surface area contributed by atoms with Crippen molar-refractivity contribution in [2.24, 2.45) is 5.92 Å². The SMILES string of the molecule is O=C(CCC1CCCC1)Cc1ccc(F)cc1Br. The van der Waals surface area contributed by atoms with Crippen LogP contribution < -0.4 is 0 Å². The Balaban J connectivity index is 1.82. The lowest BCUT2D eigenvalue weighted by atomic mass is 9.98. The van der Waals surface area contributed by atoms with E-state index < -0.39 is 0 Å². The Kier molecular flexibility index (Phi) is 4.93. The van der Waals surface area contributed by atoms with Crippen LogP contribution in [-0.2, 0) is 11.2 Å². The molecule has 1 nitrogen and oxygen atoms in total. The fourth-order valence-corrected chi connectivity index (χ4v) is 3.12. The molecular formula is C15H18BrFO. The molecule has 2 rings (SSSR count). The van der Waals surface area contributed by atoms with Crippen molar-refractivity contribution in [3.05, 3.63) is 34.1 Å². The van der Waals surface area contributed by atoms with Crippen molar-refractivity contribution < 1.29 is 9.18 Å². The number of carbonyl (C=O) groups is 1. The lowest BCUT2D eigenvalue weighted by molar-refractivity contribution is -0.118. The minimum Gasteiger partial charge on any atom is -0.299 e. The van der Waals surface area contributed by atoms with Crippen LogP contribution in [0.3, 0.4) is 0 Å². The second kappa shape index (κ2) is 6.46. The topological polar surface area (TPSA) is 17.1 Å². The summed E-state index contributed by atoms with van der Waals surface area (Å²) in [5, 5.41) is 0. The molecule has 1 saturated carbocycles. The highest BCUT2D eigenvalue weighted by atomic mass is 79.9. The number of hydrogen-bond acceptors (Lipinski definition) is 1. The molecule has 1 aliphatic carbocycles. The second-order valence-corrected chi connectivity index (χ2v) is 5.99. The molecule has 0 bridgehead atoms. The summed E-state index contributed by atoms with van der Waals surface area (Å²) in [5.74, 6) is 0.740. The molecule has 0 radical (unpaired) electrons. The summed E-state index contributed by atoms with van der Waals surface area (Å²) in [4.78, 5) is 11.9. The highest BCUT2D eigenvalue weighted by Crippen LogP contribution is 2.29. The number of Topliss-reactive ketones (excluding diaryl/α,β-unsaturated/α-hetero) is 1. The van der Waals surface area contributed by atoms with Crippen molar-refractivity contribution in [1.29, 1.82) is 0 Å². The van der Waals surface area contributed by atoms with Crippen LogP contribution in [0.5, 0.6) is 0 Å². The summed E-state index contributed by atoms with van der Waals surface area (Å²) in [7, 11) is 0. The third-order valence-corrected chi connectivity index (χ3v) is 4.45. The molecule has 0 aliphatic heterocycles. The smallest absolute Gasteiger partial charge is 0.137 e. The van der Waals surface area contributed by atoms with E-state index in [9.17, 15) is 9.18 Å². The molecule has 98 valence electrons. The van der Waals surface area contributed by atoms with E-state index in [0.29, 0.717) is 17.3 Å². The van der Waals surface area contributed by atoms with E-state index in [-0.39, 0.29) is 11.6 Å². The van der Waals surface area contributed by atoms with Gasteiger partial charge in [0.15, 0.2) is 0 Å². The molecule has 18 heavy (non-hydrogen) atoms. The molecule has 0 aromatic heterocycles. The lowest BCUT2D eigenvalue weighted by Gasteiger charge is -2.08. The third kappa shape index (κ3) is 3.91. The summed E-state index contributed by atoms with van der Waals surface area (Å²) in [6.45, 7) is 0. The van der Waals surface area contributed by atoms with Gasteiger partial charge in [0, 0.05) is 17.3 Å². The zero-order valence-electron chi connectivity index (χ0n) is 10.4. The van der Waals surface area contributed by atoms with Crippen molar-refractivity contribution in [3.8, 4) is 0 Å². The van der Waals surface area contributed by atoms with Crippen LogP contribution >= 0.6 is 15.9 Å². The number of halogens is 2. The molecule has 1 aromatic carbocycles. The van der Waals surface area contributed by atoms with Gasteiger partial charge in [-0.1, -0.05) is 47.7 Å². The Hall–Kier alpha value is -0.700. The monoisotopic (exact) mass is 312 g/mol. The quantitative estimate of drug-likeness (QED) is 0.772. The molecule has 1 aromatic rings. The molecule has 0 atom stereocenters. The Labute approximate surface area is 116 Å². The second-order valence-electron chi connectivity index (χ2n) is 5.14. The lowest BCUT2D eigenvalue weighted by Crippen LogP contribution is -2.06. The van der Waals surface area contributed by atoms with E-state index in [1.54, 1.807) is 6.07 Å². The molecule has 1 fully saturated rings. The predicted molar refractivity (Wildman–Crippen MR) is 74.0 cm³/mol. The highest BCUT2D eigenvalue weighted by molar-refractivity contribution is 9.10. The Morgan fingerprint density at radius 3 is 2.72 bits per heavy atom. The number of hydrogen-bond donors (Lipinski definition) is 0. The molecule has 0 amide bonds. The van der Waals surface area contributed by atoms with Gasteiger partial charge in [0.25, 0.3) is 0 Å². The Bertz CT molecular complexity index is 425. The Morgan fingerprint density at radius 1 is 1.33 bits per heavy atom. The summed E-state index contributed by atoms with van der Waals surface area (Å²) >= 11 is 3.30. The van der Waals surface area contributed by atoms with E-state index in [1.807, 2.05) is 0 Å². The van der Waals surface area contributed by atoms with Gasteiger partial charge in [-0.25, -0.2) is 4.39 Å². The van der Waals surface area contributed by atoms with Gasteiger partial charge < -0.3 is 0 Å². The maximum atomic E-state index is 12.9. The molecule has 0 saturated heterocycles. The van der Waals surface area contributed by atoms with Crippen LogP contribution in [0.15, 0.2) is 22.7 Å². The van der Waals surface area contributed by atoms with Crippen molar-refractivity contribution in [2.75, 3.05) is 0 Å². The van der Waals surface area contributed by atoms with E-state index >= 15 is 0 Å².